The summed E-state index contributed by atoms with van der Waals surface area (Å²) in [6.45, 7) is 5.38. The van der Waals surface area contributed by atoms with Gasteiger partial charge in [-0.3, -0.25) is 9.59 Å². The van der Waals surface area contributed by atoms with Crippen LogP contribution in [0.4, 0.5) is 0 Å². The highest BCUT2D eigenvalue weighted by Gasteiger charge is 2.40. The third-order valence-corrected chi connectivity index (χ3v) is 2.90. The van der Waals surface area contributed by atoms with Gasteiger partial charge in [0, 0.05) is 6.61 Å². The van der Waals surface area contributed by atoms with Crippen molar-refractivity contribution in [3.63, 3.8) is 0 Å². The van der Waals surface area contributed by atoms with Gasteiger partial charge in [0.1, 0.15) is 17.2 Å². The summed E-state index contributed by atoms with van der Waals surface area (Å²) in [5.41, 5.74) is 3.87. The molecule has 1 rings (SSSR count). The first-order valence-corrected chi connectivity index (χ1v) is 6.66. The number of rotatable bonds is 5. The first-order chi connectivity index (χ1) is 9.53. The maximum atomic E-state index is 12.0. The second-order valence-electron chi connectivity index (χ2n) is 6.11. The second kappa shape index (κ2) is 6.40. The molecule has 8 heteroatoms. The monoisotopic (exact) mass is 302 g/mol. The van der Waals surface area contributed by atoms with Crippen LogP contribution in [-0.4, -0.2) is 53.3 Å². The predicted octanol–water partition coefficient (Wildman–Crippen LogP) is -0.595. The highest BCUT2D eigenvalue weighted by Crippen LogP contribution is 2.16. The largest absolute Gasteiger partial charge is 0.480 e. The van der Waals surface area contributed by atoms with Crippen molar-refractivity contribution in [1.29, 1.82) is 0 Å². The molecule has 8 nitrogen and oxygen atoms in total. The summed E-state index contributed by atoms with van der Waals surface area (Å²) in [6.07, 6.45) is -0.160. The van der Waals surface area contributed by atoms with Crippen LogP contribution in [0, 0.1) is 0 Å². The van der Waals surface area contributed by atoms with Crippen molar-refractivity contribution in [3.05, 3.63) is 0 Å². The number of carbonyl (C=O) groups is 3. The van der Waals surface area contributed by atoms with Crippen molar-refractivity contribution in [3.8, 4) is 0 Å². The third-order valence-electron chi connectivity index (χ3n) is 2.90. The molecule has 0 aliphatic carbocycles. The number of nitrogens with one attached hydrogen (secondary N) is 1. The van der Waals surface area contributed by atoms with Crippen molar-refractivity contribution in [2.24, 2.45) is 5.73 Å². The van der Waals surface area contributed by atoms with Gasteiger partial charge >= 0.3 is 11.9 Å². The Bertz CT molecular complexity index is 423. The second-order valence-corrected chi connectivity index (χ2v) is 6.11. The number of ether oxygens (including phenoxy) is 2. The predicted molar refractivity (Wildman–Crippen MR) is 72.4 cm³/mol. The summed E-state index contributed by atoms with van der Waals surface area (Å²) >= 11 is 0. The van der Waals surface area contributed by atoms with E-state index in [0.717, 1.165) is 0 Å². The Morgan fingerprint density at radius 2 is 2.05 bits per heavy atom. The molecule has 1 amide bonds. The van der Waals surface area contributed by atoms with Crippen molar-refractivity contribution in [2.75, 3.05) is 13.2 Å². The standard InChI is InChI=1S/C13H22N2O6/c1-12(2,3)21-9(16)6-8(10(17)18)15-11(19)13(14)4-5-20-7-13/h8H,4-7,14H2,1-3H3,(H,15,19)(H,17,18)/t8-,13?/m0/s1. The molecule has 1 aliphatic heterocycles. The van der Waals surface area contributed by atoms with Crippen LogP contribution in [0.25, 0.3) is 0 Å². The molecule has 1 unspecified atom stereocenters. The molecule has 0 saturated carbocycles. The summed E-state index contributed by atoms with van der Waals surface area (Å²) < 4.78 is 10.1. The maximum Gasteiger partial charge on any atom is 0.326 e. The molecule has 120 valence electrons. The van der Waals surface area contributed by atoms with E-state index in [1.54, 1.807) is 20.8 Å². The summed E-state index contributed by atoms with van der Waals surface area (Å²) in [4.78, 5) is 34.8. The molecular weight excluding hydrogens is 280 g/mol. The van der Waals surface area contributed by atoms with Gasteiger partial charge in [-0.05, 0) is 27.2 Å². The number of carboxylic acids is 1. The van der Waals surface area contributed by atoms with Gasteiger partial charge in [-0.2, -0.15) is 0 Å². The molecule has 1 heterocycles. The Morgan fingerprint density at radius 1 is 1.43 bits per heavy atom. The van der Waals surface area contributed by atoms with E-state index in [4.69, 9.17) is 20.3 Å². The fraction of sp³-hybridized carbons (Fsp3) is 0.769. The summed E-state index contributed by atoms with van der Waals surface area (Å²) in [7, 11) is 0. The molecule has 1 fully saturated rings. The fourth-order valence-electron chi connectivity index (χ4n) is 1.81. The van der Waals surface area contributed by atoms with Gasteiger partial charge in [0.2, 0.25) is 5.91 Å². The number of aliphatic carboxylic acids is 1. The summed E-state index contributed by atoms with van der Waals surface area (Å²) in [5.74, 6) is -2.67. The van der Waals surface area contributed by atoms with Gasteiger partial charge in [0.05, 0.1) is 13.0 Å². The van der Waals surface area contributed by atoms with Gasteiger partial charge in [-0.1, -0.05) is 0 Å². The van der Waals surface area contributed by atoms with E-state index in [0.29, 0.717) is 13.0 Å². The molecule has 0 aromatic heterocycles. The number of hydrogen-bond donors (Lipinski definition) is 3. The number of carboxylic acid groups (broad SMARTS) is 1. The smallest absolute Gasteiger partial charge is 0.326 e. The van der Waals surface area contributed by atoms with Crippen LogP contribution in [0.3, 0.4) is 0 Å². The molecule has 1 aliphatic rings. The minimum Gasteiger partial charge on any atom is -0.480 e. The average molecular weight is 302 g/mol. The van der Waals surface area contributed by atoms with Crippen molar-refractivity contribution in [2.45, 2.75) is 50.8 Å². The van der Waals surface area contributed by atoms with Gasteiger partial charge in [-0.25, -0.2) is 4.79 Å². The summed E-state index contributed by atoms with van der Waals surface area (Å²) in [5, 5.41) is 11.4. The normalized spacial score (nSPS) is 23.4. The molecule has 0 radical (unpaired) electrons. The van der Waals surface area contributed by atoms with Gasteiger partial charge < -0.3 is 25.6 Å². The van der Waals surface area contributed by atoms with Crippen LogP contribution in [0.15, 0.2) is 0 Å². The van der Waals surface area contributed by atoms with Crippen LogP contribution >= 0.6 is 0 Å². The molecule has 1 saturated heterocycles. The van der Waals surface area contributed by atoms with Gasteiger partial charge in [0.15, 0.2) is 0 Å². The molecule has 2 atom stereocenters. The zero-order valence-electron chi connectivity index (χ0n) is 12.5. The van der Waals surface area contributed by atoms with Crippen LogP contribution in [-0.2, 0) is 23.9 Å². The topological polar surface area (TPSA) is 128 Å². The minimum atomic E-state index is -1.38. The highest BCUT2D eigenvalue weighted by atomic mass is 16.6. The first kappa shape index (κ1) is 17.4. The average Bonchev–Trinajstić information content (AvgIpc) is 2.73. The van der Waals surface area contributed by atoms with Crippen molar-refractivity contribution < 1.29 is 29.0 Å². The van der Waals surface area contributed by atoms with E-state index in [1.165, 1.54) is 0 Å². The van der Waals surface area contributed by atoms with E-state index in [9.17, 15) is 14.4 Å². The lowest BCUT2D eigenvalue weighted by molar-refractivity contribution is -0.158. The molecule has 0 bridgehead atoms. The third kappa shape index (κ3) is 5.31. The van der Waals surface area contributed by atoms with E-state index in [-0.39, 0.29) is 6.61 Å². The van der Waals surface area contributed by atoms with Gasteiger partial charge in [-0.15, -0.1) is 0 Å². The molecular formula is C13H22N2O6. The number of nitrogens with two attached hydrogens (primary N) is 1. The van der Waals surface area contributed by atoms with Crippen molar-refractivity contribution >= 4 is 17.8 Å². The SMILES string of the molecule is CC(C)(C)OC(=O)C[C@H](NC(=O)C1(N)CCOC1)C(=O)O. The lowest BCUT2D eigenvalue weighted by atomic mass is 9.98. The van der Waals surface area contributed by atoms with Crippen LogP contribution in [0.2, 0.25) is 0 Å². The van der Waals surface area contributed by atoms with Crippen LogP contribution < -0.4 is 11.1 Å². The Hall–Kier alpha value is -1.67. The zero-order valence-corrected chi connectivity index (χ0v) is 12.5. The molecule has 0 spiro atoms. The molecule has 21 heavy (non-hydrogen) atoms. The van der Waals surface area contributed by atoms with E-state index in [1.807, 2.05) is 0 Å². The Balaban J connectivity index is 2.64. The Labute approximate surface area is 123 Å². The fourth-order valence-corrected chi connectivity index (χ4v) is 1.81. The van der Waals surface area contributed by atoms with E-state index < -0.39 is 41.4 Å². The Kier molecular flexibility index (Phi) is 5.30. The minimum absolute atomic E-state index is 0.0254. The number of esters is 1. The van der Waals surface area contributed by atoms with Gasteiger partial charge in [0.25, 0.3) is 0 Å². The van der Waals surface area contributed by atoms with E-state index >= 15 is 0 Å². The van der Waals surface area contributed by atoms with E-state index in [2.05, 4.69) is 5.32 Å². The number of carbonyl (C=O) groups excluding carboxylic acids is 2. The summed E-state index contributed by atoms with van der Waals surface area (Å²) in [6, 6.07) is -1.38. The lowest BCUT2D eigenvalue weighted by Crippen LogP contribution is -2.58. The number of hydrogen-bond acceptors (Lipinski definition) is 6. The quantitative estimate of drug-likeness (QED) is 0.579. The first-order valence-electron chi connectivity index (χ1n) is 6.66. The van der Waals surface area contributed by atoms with Crippen LogP contribution in [0.1, 0.15) is 33.6 Å². The Morgan fingerprint density at radius 3 is 2.48 bits per heavy atom. The number of amides is 1. The molecule has 0 aromatic carbocycles. The molecule has 0 aromatic rings. The van der Waals surface area contributed by atoms with Crippen LogP contribution in [0.5, 0.6) is 0 Å². The lowest BCUT2D eigenvalue weighted by Gasteiger charge is -2.25. The zero-order chi connectivity index (χ0) is 16.3. The maximum absolute atomic E-state index is 12.0. The highest BCUT2D eigenvalue weighted by molar-refractivity contribution is 5.92. The van der Waals surface area contributed by atoms with Crippen molar-refractivity contribution in [1.82, 2.24) is 5.32 Å². The molecule has 4 N–H and O–H groups in total.